The van der Waals surface area contributed by atoms with E-state index in [1.54, 1.807) is 0 Å². The van der Waals surface area contributed by atoms with Gasteiger partial charge in [-0.3, -0.25) is 9.59 Å². The molecule has 6 atom stereocenters. The second kappa shape index (κ2) is 18.3. The predicted octanol–water partition coefficient (Wildman–Crippen LogP) is 7.78. The summed E-state index contributed by atoms with van der Waals surface area (Å²) >= 11 is 0. The number of aliphatic hydroxyl groups excluding tert-OH is 2. The number of nitriles is 2. The van der Waals surface area contributed by atoms with E-state index in [2.05, 4.69) is 56.8 Å². The van der Waals surface area contributed by atoms with Gasteiger partial charge in [-0.25, -0.2) is 9.97 Å². The molecule has 2 amide bonds. The first-order valence-electron chi connectivity index (χ1n) is 25.5. The number of pyridine rings is 2. The lowest BCUT2D eigenvalue weighted by molar-refractivity contribution is -0.164. The summed E-state index contributed by atoms with van der Waals surface area (Å²) in [5, 5.41) is 46.0. The van der Waals surface area contributed by atoms with Gasteiger partial charge in [0.15, 0.2) is 0 Å². The van der Waals surface area contributed by atoms with Crippen molar-refractivity contribution in [1.82, 2.24) is 20.6 Å². The fraction of sp³-hybridized carbons (Fsp3) is 0.536. The fourth-order valence-corrected chi connectivity index (χ4v) is 14.8. The van der Waals surface area contributed by atoms with Gasteiger partial charge in [-0.05, 0) is 185 Å². The highest BCUT2D eigenvalue weighted by Crippen LogP contribution is 2.61. The minimum Gasteiger partial charge on any atom is -0.393 e. The zero-order chi connectivity index (χ0) is 46.6. The van der Waals surface area contributed by atoms with E-state index in [9.17, 15) is 19.8 Å². The Bertz CT molecular complexity index is 2360. The summed E-state index contributed by atoms with van der Waals surface area (Å²) in [5.74, 6) is 4.85. The van der Waals surface area contributed by atoms with Gasteiger partial charge in [0.2, 0.25) is 11.8 Å². The number of hydrogen-bond acceptors (Lipinski definition) is 10. The van der Waals surface area contributed by atoms with E-state index < -0.39 is 0 Å². The lowest BCUT2D eigenvalue weighted by Gasteiger charge is -2.58. The summed E-state index contributed by atoms with van der Waals surface area (Å²) in [4.78, 5) is 41.0. The van der Waals surface area contributed by atoms with E-state index in [4.69, 9.17) is 20.5 Å². The average Bonchev–Trinajstić information content (AvgIpc) is 3.37. The van der Waals surface area contributed by atoms with Crippen molar-refractivity contribution in [1.29, 1.82) is 10.5 Å². The smallest absolute Gasteiger partial charge is 0.226 e. The highest BCUT2D eigenvalue weighted by molar-refractivity contribution is 5.84. The lowest BCUT2D eigenvalue weighted by atomic mass is 9.48. The Hall–Kier alpha value is -5.82. The summed E-state index contributed by atoms with van der Waals surface area (Å²) in [6, 6.07) is 27.9. The molecule has 8 saturated carbocycles. The number of piperidine rings is 2. The number of aromatic nitrogens is 2. The normalized spacial score (nSPS) is 34.0. The maximum atomic E-state index is 13.5. The molecule has 0 radical (unpaired) electrons. The van der Waals surface area contributed by atoms with E-state index in [0.717, 1.165) is 150 Å². The monoisotopic (exact) mass is 913 g/mol. The Morgan fingerprint density at radius 1 is 0.544 bits per heavy atom. The Kier molecular flexibility index (Phi) is 12.0. The molecule has 8 bridgehead atoms. The predicted molar refractivity (Wildman–Crippen MR) is 260 cm³/mol. The van der Waals surface area contributed by atoms with E-state index >= 15 is 0 Å². The molecule has 4 aromatic rings. The molecule has 2 aromatic carbocycles. The number of hydrogen-bond donors (Lipinski definition) is 4. The van der Waals surface area contributed by atoms with Crippen molar-refractivity contribution in [3.63, 3.8) is 0 Å². The number of aliphatic hydroxyl groups is 2. The largest absolute Gasteiger partial charge is 0.393 e. The molecule has 10 aliphatic rings. The molecule has 4 unspecified atom stereocenters. The van der Waals surface area contributed by atoms with Gasteiger partial charge in [-0.15, -0.1) is 0 Å². The zero-order valence-corrected chi connectivity index (χ0v) is 39.0. The minimum atomic E-state index is -0.251. The van der Waals surface area contributed by atoms with Crippen molar-refractivity contribution in [3.8, 4) is 34.4 Å². The first-order valence-corrected chi connectivity index (χ1v) is 25.5. The molecular formula is C56H64N8O4. The van der Waals surface area contributed by atoms with Crippen LogP contribution >= 0.6 is 0 Å². The molecule has 2 saturated heterocycles. The van der Waals surface area contributed by atoms with Crippen molar-refractivity contribution in [3.05, 3.63) is 96.3 Å². The number of carbonyl (C=O) groups excluding carboxylic acids is 2. The van der Waals surface area contributed by atoms with Crippen LogP contribution in [-0.4, -0.2) is 82.5 Å². The number of benzene rings is 2. The molecule has 10 fully saturated rings. The molecule has 14 rings (SSSR count). The molecule has 0 spiro atoms. The summed E-state index contributed by atoms with van der Waals surface area (Å²) in [7, 11) is 0. The van der Waals surface area contributed by atoms with Gasteiger partial charge in [-0.2, -0.15) is 10.5 Å². The number of nitrogens with one attached hydrogen (secondary N) is 2. The van der Waals surface area contributed by atoms with Gasteiger partial charge < -0.3 is 30.6 Å². The Morgan fingerprint density at radius 3 is 1.25 bits per heavy atom. The van der Waals surface area contributed by atoms with Crippen molar-refractivity contribution < 1.29 is 19.8 Å². The maximum Gasteiger partial charge on any atom is 0.226 e. The van der Waals surface area contributed by atoms with Crippen molar-refractivity contribution in [2.24, 2.45) is 46.3 Å². The van der Waals surface area contributed by atoms with Crippen LogP contribution in [0.2, 0.25) is 0 Å². The summed E-state index contributed by atoms with van der Waals surface area (Å²) in [6.45, 7) is 3.45. The van der Waals surface area contributed by atoms with Crippen LogP contribution in [0.3, 0.4) is 0 Å². The lowest BCUT2D eigenvalue weighted by Crippen LogP contribution is -2.60. The molecule has 352 valence electrons. The number of nitrogens with zero attached hydrogens (tertiary/aromatic N) is 6. The second-order valence-electron chi connectivity index (χ2n) is 22.2. The van der Waals surface area contributed by atoms with E-state index in [-0.39, 0.29) is 46.9 Å². The molecular weight excluding hydrogens is 849 g/mol. The SMILES string of the molecule is N#Cc1ccc(-c2ccc(N3CCC[C@H](NC(=O)C45CC6CC(C4)C(O)C(C6)C5)C3)nc2)cc1.N#Cc1ccc(-c2ccc(N3CCC[C@H](NC(=O)C45CC6CC(C4)C(O)C(C6)C5)C3)nc2)cc1. The van der Waals surface area contributed by atoms with Gasteiger partial charge in [0.25, 0.3) is 0 Å². The third-order valence-electron chi connectivity index (χ3n) is 17.8. The molecule has 12 nitrogen and oxygen atoms in total. The van der Waals surface area contributed by atoms with Gasteiger partial charge in [0.05, 0.1) is 46.3 Å². The number of carbonyl (C=O) groups is 2. The summed E-state index contributed by atoms with van der Waals surface area (Å²) in [6.07, 6.45) is 17.3. The van der Waals surface area contributed by atoms with Crippen LogP contribution in [0, 0.1) is 69.0 Å². The Morgan fingerprint density at radius 2 is 0.912 bits per heavy atom. The molecule has 8 aliphatic carbocycles. The topological polar surface area (TPSA) is 178 Å². The van der Waals surface area contributed by atoms with E-state index in [1.165, 1.54) is 0 Å². The summed E-state index contributed by atoms with van der Waals surface area (Å²) in [5.41, 5.74) is 4.94. The van der Waals surface area contributed by atoms with Gasteiger partial charge >= 0.3 is 0 Å². The highest BCUT2D eigenvalue weighted by atomic mass is 16.3. The minimum absolute atomic E-state index is 0.138. The first kappa shape index (κ1) is 44.7. The van der Waals surface area contributed by atoms with Crippen molar-refractivity contribution in [2.75, 3.05) is 36.0 Å². The number of rotatable bonds is 8. The van der Waals surface area contributed by atoms with Crippen LogP contribution in [0.15, 0.2) is 85.2 Å². The quantitative estimate of drug-likeness (QED) is 0.136. The summed E-state index contributed by atoms with van der Waals surface area (Å²) < 4.78 is 0. The third kappa shape index (κ3) is 8.64. The Balaban J connectivity index is 0.000000149. The van der Waals surface area contributed by atoms with Gasteiger partial charge in [0, 0.05) is 61.8 Å². The first-order chi connectivity index (χ1) is 33.1. The zero-order valence-electron chi connectivity index (χ0n) is 39.0. The number of amides is 2. The van der Waals surface area contributed by atoms with Crippen LogP contribution in [0.5, 0.6) is 0 Å². The third-order valence-corrected chi connectivity index (χ3v) is 17.8. The van der Waals surface area contributed by atoms with Crippen LogP contribution in [0.25, 0.3) is 22.3 Å². The van der Waals surface area contributed by atoms with Gasteiger partial charge in [-0.1, -0.05) is 24.3 Å². The van der Waals surface area contributed by atoms with Crippen molar-refractivity contribution >= 4 is 23.5 Å². The van der Waals surface area contributed by atoms with Gasteiger partial charge in [0.1, 0.15) is 11.6 Å². The van der Waals surface area contributed by atoms with Crippen LogP contribution in [0.1, 0.15) is 101 Å². The van der Waals surface area contributed by atoms with Crippen LogP contribution in [-0.2, 0) is 9.59 Å². The Labute approximate surface area is 400 Å². The molecule has 2 aliphatic heterocycles. The standard InChI is InChI=1S/2C28H32N4O2/c2*29-15-18-3-5-20(6-4-18)21-7-8-25(30-16-21)32-9-1-2-24(17-32)31-27(34)28-12-19-10-22(13-28)26(33)23(11-19)14-28/h2*3-8,16,19,22-24,26,33H,1-2,9-14,17H2,(H,31,34)/t2*19?,22?,23?,24-,26?,28?/m00/s1. The second-order valence-corrected chi connectivity index (χ2v) is 22.2. The molecule has 68 heavy (non-hydrogen) atoms. The maximum absolute atomic E-state index is 13.5. The molecule has 12 heteroatoms. The number of anilines is 2. The molecule has 4 heterocycles. The van der Waals surface area contributed by atoms with Crippen molar-refractivity contribution in [2.45, 2.75) is 114 Å². The van der Waals surface area contributed by atoms with E-state index in [0.29, 0.717) is 46.6 Å². The fourth-order valence-electron chi connectivity index (χ4n) is 14.8. The van der Waals surface area contributed by atoms with E-state index in [1.807, 2.05) is 60.9 Å². The average molecular weight is 913 g/mol. The molecule has 2 aromatic heterocycles. The highest BCUT2D eigenvalue weighted by Gasteiger charge is 2.59. The van der Waals surface area contributed by atoms with Crippen LogP contribution in [0.4, 0.5) is 11.6 Å². The van der Waals surface area contributed by atoms with Crippen LogP contribution < -0.4 is 20.4 Å². The molecule has 4 N–H and O–H groups in total.